The van der Waals surface area contributed by atoms with Crippen LogP contribution < -0.4 is 16.5 Å². The summed E-state index contributed by atoms with van der Waals surface area (Å²) in [6, 6.07) is 3.02. The van der Waals surface area contributed by atoms with Gasteiger partial charge in [-0.25, -0.2) is 15.6 Å². The van der Waals surface area contributed by atoms with Crippen LogP contribution in [0.4, 0.5) is 13.2 Å². The Morgan fingerprint density at radius 2 is 1.85 bits per heavy atom. The van der Waals surface area contributed by atoms with Crippen LogP contribution in [0.5, 0.6) is 0 Å². The molecule has 40 heavy (non-hydrogen) atoms. The largest absolute Gasteiger partial charge is 0.418 e. The molecule has 0 aromatic carbocycles. The Bertz CT molecular complexity index is 1330. The van der Waals surface area contributed by atoms with Crippen LogP contribution in [0, 0.1) is 35.0 Å². The Kier molecular flexibility index (Phi) is 7.49. The normalized spacial score (nSPS) is 30.4. The molecule has 11 heteroatoms. The second kappa shape index (κ2) is 10.8. The number of hydrogen-bond donors (Lipinski definition) is 2. The molecule has 0 radical (unpaired) electrons. The summed E-state index contributed by atoms with van der Waals surface area (Å²) in [5.74, 6) is 1.37. The van der Waals surface area contributed by atoms with Crippen LogP contribution in [0.1, 0.15) is 81.5 Å². The quantitative estimate of drug-likeness (QED) is 0.543. The van der Waals surface area contributed by atoms with Crippen LogP contribution in [0.15, 0.2) is 23.3 Å². The van der Waals surface area contributed by atoms with Crippen LogP contribution in [0.3, 0.4) is 0 Å². The van der Waals surface area contributed by atoms with Crippen molar-refractivity contribution in [3.63, 3.8) is 0 Å². The number of hydrazine groups is 1. The molecule has 2 aromatic rings. The van der Waals surface area contributed by atoms with E-state index in [-0.39, 0.29) is 29.7 Å². The van der Waals surface area contributed by atoms with E-state index in [0.29, 0.717) is 42.8 Å². The van der Waals surface area contributed by atoms with Crippen molar-refractivity contribution >= 4 is 5.52 Å². The molecule has 6 rings (SSSR count). The number of aromatic nitrogens is 2. The average Bonchev–Trinajstić information content (AvgIpc) is 3.63. The molecule has 2 saturated carbocycles. The van der Waals surface area contributed by atoms with E-state index in [0.717, 1.165) is 32.4 Å². The van der Waals surface area contributed by atoms with Gasteiger partial charge in [0, 0.05) is 37.6 Å². The Balaban J connectivity index is 1.33. The lowest BCUT2D eigenvalue weighted by molar-refractivity contribution is -0.136. The number of pyridine rings is 1. The minimum atomic E-state index is -4.59. The lowest BCUT2D eigenvalue weighted by Gasteiger charge is -2.46. The fourth-order valence-corrected chi connectivity index (χ4v) is 7.80. The summed E-state index contributed by atoms with van der Waals surface area (Å²) in [7, 11) is 2.12. The third-order valence-electron chi connectivity index (χ3n) is 10.3. The van der Waals surface area contributed by atoms with E-state index >= 15 is 0 Å². The van der Waals surface area contributed by atoms with Crippen molar-refractivity contribution in [2.45, 2.75) is 82.7 Å². The third-order valence-corrected chi connectivity index (χ3v) is 10.3. The summed E-state index contributed by atoms with van der Waals surface area (Å²) >= 11 is 0. The maximum atomic E-state index is 14.4. The summed E-state index contributed by atoms with van der Waals surface area (Å²) in [4.78, 5) is 18.1. The van der Waals surface area contributed by atoms with Crippen molar-refractivity contribution in [2.75, 3.05) is 26.8 Å². The van der Waals surface area contributed by atoms with Crippen LogP contribution in [-0.2, 0) is 6.18 Å². The first kappa shape index (κ1) is 27.8. The third kappa shape index (κ3) is 4.97. The summed E-state index contributed by atoms with van der Waals surface area (Å²) in [6.45, 7) is 3.82. The molecule has 6 atom stereocenters. The molecule has 4 aliphatic rings. The van der Waals surface area contributed by atoms with Gasteiger partial charge in [-0.2, -0.15) is 18.4 Å². The standard InChI is InChI=1S/C29H40F3N7O/c1-18(37-10-9-19(13-33)14-37)22-12-24(29(30,31)32)25-16-38(28(40)39(25)15-22)23-8-4-7-21(11-23)26(20-5-3-6-20)27-35-34-17-36(27)2/h12,15-16,18-21,23,26-27,34-35H,3-11,14,17H2,1-2H3/t18-,19+,21?,23?,26+,27?/m0/s1. The van der Waals surface area contributed by atoms with Crippen molar-refractivity contribution in [1.29, 1.82) is 5.26 Å². The van der Waals surface area contributed by atoms with Crippen molar-refractivity contribution < 1.29 is 13.2 Å². The number of halogens is 3. The lowest BCUT2D eigenvalue weighted by atomic mass is 9.65. The van der Waals surface area contributed by atoms with Gasteiger partial charge < -0.3 is 0 Å². The highest BCUT2D eigenvalue weighted by atomic mass is 19.4. The molecule has 0 amide bonds. The number of nitriles is 1. The number of imidazole rings is 1. The Morgan fingerprint density at radius 1 is 1.10 bits per heavy atom. The molecule has 2 aliphatic heterocycles. The number of nitrogens with one attached hydrogen (secondary N) is 2. The van der Waals surface area contributed by atoms with E-state index in [1.165, 1.54) is 35.9 Å². The minimum Gasteiger partial charge on any atom is -0.295 e. The SMILES string of the molecule is C[C@@H](c1cc(C(F)(F)F)c2cn(C3CCCC([C@@H](C4CCC4)C4NNCN4C)C3)c(=O)n2c1)N1CC[C@H](C#N)C1. The van der Waals surface area contributed by atoms with E-state index in [9.17, 15) is 23.2 Å². The molecule has 2 saturated heterocycles. The summed E-state index contributed by atoms with van der Waals surface area (Å²) in [5.41, 5.74) is 5.94. The van der Waals surface area contributed by atoms with Crippen LogP contribution >= 0.6 is 0 Å². The minimum absolute atomic E-state index is 0.0798. The number of nitrogens with zero attached hydrogens (tertiary/aromatic N) is 5. The number of fused-ring (bicyclic) bond motifs is 1. The number of hydrogen-bond acceptors (Lipinski definition) is 6. The first-order valence-electron chi connectivity index (χ1n) is 14.8. The van der Waals surface area contributed by atoms with Gasteiger partial charge in [0.25, 0.3) is 0 Å². The second-order valence-electron chi connectivity index (χ2n) is 12.6. The second-order valence-corrected chi connectivity index (χ2v) is 12.6. The molecule has 2 aromatic heterocycles. The zero-order valence-electron chi connectivity index (χ0n) is 23.3. The van der Waals surface area contributed by atoms with E-state index in [4.69, 9.17) is 0 Å². The molecular weight excluding hydrogens is 519 g/mol. The zero-order chi connectivity index (χ0) is 28.2. The molecule has 2 aliphatic carbocycles. The van der Waals surface area contributed by atoms with Gasteiger partial charge in [0.05, 0.1) is 35.9 Å². The van der Waals surface area contributed by atoms with Crippen molar-refractivity contribution in [3.05, 3.63) is 40.1 Å². The van der Waals surface area contributed by atoms with Crippen molar-refractivity contribution in [1.82, 2.24) is 29.6 Å². The topological polar surface area (TPSA) is 80.7 Å². The average molecular weight is 560 g/mol. The van der Waals surface area contributed by atoms with Crippen molar-refractivity contribution in [2.24, 2.45) is 23.7 Å². The highest BCUT2D eigenvalue weighted by Gasteiger charge is 2.44. The number of alkyl halides is 3. The summed E-state index contributed by atoms with van der Waals surface area (Å²) < 4.78 is 45.9. The van der Waals surface area contributed by atoms with E-state index in [1.807, 2.05) is 11.8 Å². The molecular formula is C29H40F3N7O. The molecule has 2 N–H and O–H groups in total. The predicted molar refractivity (Wildman–Crippen MR) is 145 cm³/mol. The number of rotatable bonds is 6. The predicted octanol–water partition coefficient (Wildman–Crippen LogP) is 4.50. The van der Waals surface area contributed by atoms with Gasteiger partial charge in [-0.15, -0.1) is 0 Å². The van der Waals surface area contributed by atoms with Gasteiger partial charge in [-0.3, -0.25) is 18.8 Å². The fraction of sp³-hybridized carbons (Fsp3) is 0.724. The fourth-order valence-electron chi connectivity index (χ4n) is 7.80. The maximum Gasteiger partial charge on any atom is 0.418 e. The highest BCUT2D eigenvalue weighted by molar-refractivity contribution is 5.56. The maximum absolute atomic E-state index is 14.4. The van der Waals surface area contributed by atoms with Gasteiger partial charge in [-0.05, 0) is 69.0 Å². The molecule has 8 nitrogen and oxygen atoms in total. The monoisotopic (exact) mass is 559 g/mol. The zero-order valence-corrected chi connectivity index (χ0v) is 23.3. The van der Waals surface area contributed by atoms with Crippen LogP contribution in [-0.4, -0.2) is 51.7 Å². The Morgan fingerprint density at radius 3 is 2.48 bits per heavy atom. The lowest BCUT2D eigenvalue weighted by Crippen LogP contribution is -2.50. The highest BCUT2D eigenvalue weighted by Crippen LogP contribution is 2.47. The first-order chi connectivity index (χ1) is 19.2. The smallest absolute Gasteiger partial charge is 0.295 e. The molecule has 4 heterocycles. The van der Waals surface area contributed by atoms with E-state index in [1.54, 1.807) is 10.8 Å². The van der Waals surface area contributed by atoms with E-state index < -0.39 is 17.4 Å². The number of likely N-dealkylation sites (tertiary alicyclic amines) is 1. The van der Waals surface area contributed by atoms with Gasteiger partial charge in [0.2, 0.25) is 0 Å². The molecule has 0 spiro atoms. The first-order valence-corrected chi connectivity index (χ1v) is 14.8. The molecule has 3 unspecified atom stereocenters. The molecule has 0 bridgehead atoms. The van der Waals surface area contributed by atoms with Crippen LogP contribution in [0.2, 0.25) is 0 Å². The van der Waals surface area contributed by atoms with Crippen molar-refractivity contribution in [3.8, 4) is 6.07 Å². The molecule has 218 valence electrons. The molecule has 4 fully saturated rings. The van der Waals surface area contributed by atoms with E-state index in [2.05, 4.69) is 28.9 Å². The Hall–Kier alpha value is -2.39. The summed E-state index contributed by atoms with van der Waals surface area (Å²) in [5, 5.41) is 9.28. The van der Waals surface area contributed by atoms with Gasteiger partial charge in [0.1, 0.15) is 0 Å². The van der Waals surface area contributed by atoms with Gasteiger partial charge in [0.15, 0.2) is 0 Å². The summed E-state index contributed by atoms with van der Waals surface area (Å²) in [6.07, 6.45) is 6.73. The Labute approximate surface area is 233 Å². The van der Waals surface area contributed by atoms with Gasteiger partial charge >= 0.3 is 11.9 Å². The van der Waals surface area contributed by atoms with Gasteiger partial charge in [-0.1, -0.05) is 25.7 Å². The van der Waals surface area contributed by atoms with Crippen LogP contribution in [0.25, 0.3) is 5.52 Å².